The summed E-state index contributed by atoms with van der Waals surface area (Å²) >= 11 is 1.77. The van der Waals surface area contributed by atoms with E-state index in [1.807, 2.05) is 6.07 Å². The van der Waals surface area contributed by atoms with Crippen molar-refractivity contribution in [2.45, 2.75) is 6.42 Å². The minimum Gasteiger partial charge on any atom is -0.335 e. The minimum atomic E-state index is 0.694. The van der Waals surface area contributed by atoms with Crippen LogP contribution in [0.3, 0.4) is 0 Å². The van der Waals surface area contributed by atoms with Crippen LogP contribution in [0, 0.1) is 0 Å². The summed E-state index contributed by atoms with van der Waals surface area (Å²) in [6.07, 6.45) is 0.926. The molecule has 0 saturated carbocycles. The SMILES string of the molecule is NCCc1cccc(NC2=NCCS2)c1. The Hall–Kier alpha value is -1.00. The first-order valence-electron chi connectivity index (χ1n) is 5.12. The first-order valence-corrected chi connectivity index (χ1v) is 6.10. The number of aliphatic imine (C=N–C) groups is 1. The standard InChI is InChI=1S/C11H15N3S/c12-5-4-9-2-1-3-10(8-9)14-11-13-6-7-15-11/h1-3,8H,4-7,12H2,(H,13,14). The van der Waals surface area contributed by atoms with E-state index in [-0.39, 0.29) is 0 Å². The number of nitrogens with one attached hydrogen (secondary N) is 1. The first kappa shape index (κ1) is 10.5. The fraction of sp³-hybridized carbons (Fsp3) is 0.364. The molecule has 0 bridgehead atoms. The van der Waals surface area contributed by atoms with E-state index < -0.39 is 0 Å². The highest BCUT2D eigenvalue weighted by Gasteiger charge is 2.06. The number of amidine groups is 1. The van der Waals surface area contributed by atoms with Crippen molar-refractivity contribution in [3.05, 3.63) is 29.8 Å². The maximum Gasteiger partial charge on any atom is 0.161 e. The molecule has 3 N–H and O–H groups in total. The van der Waals surface area contributed by atoms with Crippen LogP contribution < -0.4 is 11.1 Å². The predicted molar refractivity (Wildman–Crippen MR) is 67.6 cm³/mol. The Balaban J connectivity index is 2.04. The maximum absolute atomic E-state index is 5.53. The lowest BCUT2D eigenvalue weighted by atomic mass is 10.1. The third-order valence-corrected chi connectivity index (χ3v) is 3.09. The molecule has 0 spiro atoms. The van der Waals surface area contributed by atoms with Crippen LogP contribution in [-0.4, -0.2) is 24.0 Å². The zero-order valence-corrected chi connectivity index (χ0v) is 9.39. The van der Waals surface area contributed by atoms with Crippen LogP contribution >= 0.6 is 11.8 Å². The molecule has 1 aliphatic heterocycles. The number of thioether (sulfide) groups is 1. The number of benzene rings is 1. The summed E-state index contributed by atoms with van der Waals surface area (Å²) < 4.78 is 0. The molecular formula is C11H15N3S. The smallest absolute Gasteiger partial charge is 0.161 e. The van der Waals surface area contributed by atoms with Crippen LogP contribution in [0.4, 0.5) is 5.69 Å². The van der Waals surface area contributed by atoms with Crippen molar-refractivity contribution in [3.8, 4) is 0 Å². The Morgan fingerprint density at radius 3 is 3.13 bits per heavy atom. The molecule has 0 atom stereocenters. The van der Waals surface area contributed by atoms with Gasteiger partial charge in [0.25, 0.3) is 0 Å². The van der Waals surface area contributed by atoms with Crippen LogP contribution in [-0.2, 0) is 6.42 Å². The highest BCUT2D eigenvalue weighted by atomic mass is 32.2. The maximum atomic E-state index is 5.53. The second-order valence-electron chi connectivity index (χ2n) is 3.40. The van der Waals surface area contributed by atoms with E-state index in [9.17, 15) is 0 Å². The zero-order chi connectivity index (χ0) is 10.5. The Bertz CT molecular complexity index is 363. The molecule has 4 heteroatoms. The van der Waals surface area contributed by atoms with Crippen molar-refractivity contribution in [2.75, 3.05) is 24.2 Å². The molecule has 1 aliphatic rings. The molecular weight excluding hydrogens is 206 g/mol. The molecule has 0 amide bonds. The van der Waals surface area contributed by atoms with E-state index >= 15 is 0 Å². The monoisotopic (exact) mass is 221 g/mol. The van der Waals surface area contributed by atoms with Crippen LogP contribution in [0.1, 0.15) is 5.56 Å². The first-order chi connectivity index (χ1) is 7.38. The second-order valence-corrected chi connectivity index (χ2v) is 4.48. The van der Waals surface area contributed by atoms with E-state index in [1.165, 1.54) is 5.56 Å². The van der Waals surface area contributed by atoms with E-state index in [0.717, 1.165) is 29.6 Å². The molecule has 1 heterocycles. The van der Waals surface area contributed by atoms with Gasteiger partial charge in [-0.3, -0.25) is 4.99 Å². The highest BCUT2D eigenvalue weighted by Crippen LogP contribution is 2.17. The molecule has 0 unspecified atom stereocenters. The Morgan fingerprint density at radius 1 is 1.47 bits per heavy atom. The predicted octanol–water partition coefficient (Wildman–Crippen LogP) is 1.70. The molecule has 0 radical (unpaired) electrons. The quantitative estimate of drug-likeness (QED) is 0.817. The average molecular weight is 221 g/mol. The third-order valence-electron chi connectivity index (χ3n) is 2.20. The summed E-state index contributed by atoms with van der Waals surface area (Å²) in [6.45, 7) is 1.62. The molecule has 0 aliphatic carbocycles. The summed E-state index contributed by atoms with van der Waals surface area (Å²) in [4.78, 5) is 4.35. The molecule has 80 valence electrons. The number of nitrogens with zero attached hydrogens (tertiary/aromatic N) is 1. The summed E-state index contributed by atoms with van der Waals surface area (Å²) in [6, 6.07) is 8.34. The van der Waals surface area contributed by atoms with Crippen molar-refractivity contribution in [2.24, 2.45) is 10.7 Å². The van der Waals surface area contributed by atoms with Gasteiger partial charge in [-0.2, -0.15) is 0 Å². The van der Waals surface area contributed by atoms with Crippen LogP contribution in [0.15, 0.2) is 29.3 Å². The van der Waals surface area contributed by atoms with E-state index in [1.54, 1.807) is 11.8 Å². The Morgan fingerprint density at radius 2 is 2.40 bits per heavy atom. The van der Waals surface area contributed by atoms with E-state index in [0.29, 0.717) is 6.54 Å². The lowest BCUT2D eigenvalue weighted by Crippen LogP contribution is -2.06. The zero-order valence-electron chi connectivity index (χ0n) is 8.57. The van der Waals surface area contributed by atoms with Gasteiger partial charge < -0.3 is 11.1 Å². The number of rotatable bonds is 3. The molecule has 0 aromatic heterocycles. The fourth-order valence-corrected chi connectivity index (χ4v) is 2.25. The van der Waals surface area contributed by atoms with Crippen molar-refractivity contribution in [1.29, 1.82) is 0 Å². The molecule has 3 nitrogen and oxygen atoms in total. The van der Waals surface area contributed by atoms with Gasteiger partial charge in [0.05, 0.1) is 6.54 Å². The highest BCUT2D eigenvalue weighted by molar-refractivity contribution is 8.14. The summed E-state index contributed by atoms with van der Waals surface area (Å²) in [5.41, 5.74) is 7.90. The largest absolute Gasteiger partial charge is 0.335 e. The Labute approximate surface area is 94.2 Å². The van der Waals surface area contributed by atoms with Gasteiger partial charge in [-0.25, -0.2) is 0 Å². The summed E-state index contributed by atoms with van der Waals surface area (Å²) in [7, 11) is 0. The van der Waals surface area contributed by atoms with Crippen molar-refractivity contribution >= 4 is 22.6 Å². The van der Waals surface area contributed by atoms with Gasteiger partial charge in [0.15, 0.2) is 5.17 Å². The third kappa shape index (κ3) is 2.97. The Kier molecular flexibility index (Phi) is 3.64. The second kappa shape index (κ2) is 5.19. The topological polar surface area (TPSA) is 50.4 Å². The molecule has 0 saturated heterocycles. The minimum absolute atomic E-state index is 0.694. The number of hydrogen-bond acceptors (Lipinski definition) is 4. The van der Waals surface area contributed by atoms with E-state index in [2.05, 4.69) is 28.5 Å². The van der Waals surface area contributed by atoms with Crippen LogP contribution in [0.25, 0.3) is 0 Å². The number of anilines is 1. The lowest BCUT2D eigenvalue weighted by molar-refractivity contribution is 0.969. The van der Waals surface area contributed by atoms with E-state index in [4.69, 9.17) is 5.73 Å². The number of hydrogen-bond donors (Lipinski definition) is 2. The lowest BCUT2D eigenvalue weighted by Gasteiger charge is -2.06. The molecule has 1 aromatic rings. The summed E-state index contributed by atoms with van der Waals surface area (Å²) in [5, 5.41) is 4.34. The van der Waals surface area contributed by atoms with Gasteiger partial charge in [0.2, 0.25) is 0 Å². The van der Waals surface area contributed by atoms with Gasteiger partial charge in [-0.05, 0) is 30.7 Å². The van der Waals surface area contributed by atoms with Gasteiger partial charge in [-0.1, -0.05) is 23.9 Å². The van der Waals surface area contributed by atoms with Gasteiger partial charge in [-0.15, -0.1) is 0 Å². The molecule has 0 fully saturated rings. The van der Waals surface area contributed by atoms with Gasteiger partial charge in [0.1, 0.15) is 0 Å². The van der Waals surface area contributed by atoms with Crippen molar-refractivity contribution < 1.29 is 0 Å². The van der Waals surface area contributed by atoms with Crippen LogP contribution in [0.2, 0.25) is 0 Å². The average Bonchev–Trinajstić information content (AvgIpc) is 2.71. The van der Waals surface area contributed by atoms with Crippen molar-refractivity contribution in [1.82, 2.24) is 0 Å². The summed E-state index contributed by atoms with van der Waals surface area (Å²) in [5.74, 6) is 1.09. The molecule has 1 aromatic carbocycles. The van der Waals surface area contributed by atoms with Gasteiger partial charge >= 0.3 is 0 Å². The molecule has 15 heavy (non-hydrogen) atoms. The fourth-order valence-electron chi connectivity index (χ4n) is 1.51. The van der Waals surface area contributed by atoms with Crippen molar-refractivity contribution in [3.63, 3.8) is 0 Å². The molecule has 2 rings (SSSR count). The van der Waals surface area contributed by atoms with Gasteiger partial charge in [0, 0.05) is 11.4 Å². The van der Waals surface area contributed by atoms with Crippen LogP contribution in [0.5, 0.6) is 0 Å². The normalized spacial score (nSPS) is 15.1. The number of nitrogens with two attached hydrogens (primary N) is 1.